The molecule has 116 valence electrons. The summed E-state index contributed by atoms with van der Waals surface area (Å²) < 4.78 is 39.4. The second-order valence-electron chi connectivity index (χ2n) is 4.77. The highest BCUT2D eigenvalue weighted by atomic mass is 127. The predicted octanol–water partition coefficient (Wildman–Crippen LogP) is 3.25. The van der Waals surface area contributed by atoms with Gasteiger partial charge in [0.05, 0.1) is 23.8 Å². The summed E-state index contributed by atoms with van der Waals surface area (Å²) in [6.45, 7) is 1.15. The Morgan fingerprint density at radius 1 is 0.955 bits per heavy atom. The maximum Gasteiger partial charge on any atom is 0.261 e. The highest BCUT2D eigenvalue weighted by Crippen LogP contribution is 2.33. The second-order valence-corrected chi connectivity index (χ2v) is 7.70. The average molecular weight is 431 g/mol. The topological polar surface area (TPSA) is 64.6 Å². The minimum Gasteiger partial charge on any atom is -0.490 e. The molecule has 0 fully saturated rings. The van der Waals surface area contributed by atoms with Crippen LogP contribution in [0.1, 0.15) is 6.42 Å². The van der Waals surface area contributed by atoms with Gasteiger partial charge in [-0.1, -0.05) is 0 Å². The lowest BCUT2D eigenvalue weighted by atomic mass is 10.3. The molecule has 0 amide bonds. The van der Waals surface area contributed by atoms with E-state index in [1.165, 1.54) is 0 Å². The van der Waals surface area contributed by atoms with Gasteiger partial charge >= 0.3 is 0 Å². The van der Waals surface area contributed by atoms with E-state index in [4.69, 9.17) is 9.47 Å². The first-order chi connectivity index (χ1) is 10.5. The molecule has 0 spiro atoms. The summed E-state index contributed by atoms with van der Waals surface area (Å²) in [4.78, 5) is 0.222. The van der Waals surface area contributed by atoms with Crippen molar-refractivity contribution in [1.29, 1.82) is 0 Å². The Morgan fingerprint density at radius 3 is 2.36 bits per heavy atom. The number of fused-ring (bicyclic) bond motifs is 1. The molecule has 7 heteroatoms. The monoisotopic (exact) mass is 431 g/mol. The largest absolute Gasteiger partial charge is 0.490 e. The zero-order valence-electron chi connectivity index (χ0n) is 11.6. The highest BCUT2D eigenvalue weighted by molar-refractivity contribution is 14.1. The summed E-state index contributed by atoms with van der Waals surface area (Å²) in [5, 5.41) is 0. The van der Waals surface area contributed by atoms with Gasteiger partial charge in [-0.15, -0.1) is 0 Å². The van der Waals surface area contributed by atoms with Crippen LogP contribution in [0.25, 0.3) is 0 Å². The Morgan fingerprint density at radius 2 is 1.64 bits per heavy atom. The van der Waals surface area contributed by atoms with Crippen LogP contribution in [0.15, 0.2) is 47.4 Å². The van der Waals surface area contributed by atoms with Gasteiger partial charge in [-0.3, -0.25) is 4.72 Å². The summed E-state index contributed by atoms with van der Waals surface area (Å²) in [5.41, 5.74) is 0.447. The molecular weight excluding hydrogens is 417 g/mol. The van der Waals surface area contributed by atoms with Crippen LogP contribution < -0.4 is 14.2 Å². The maximum atomic E-state index is 12.4. The Hall–Kier alpha value is -1.48. The molecule has 1 heterocycles. The molecular formula is C15H14INO4S. The summed E-state index contributed by atoms with van der Waals surface area (Å²) in [6, 6.07) is 11.7. The fourth-order valence-electron chi connectivity index (χ4n) is 2.05. The van der Waals surface area contributed by atoms with Crippen LogP contribution in [0.3, 0.4) is 0 Å². The van der Waals surface area contributed by atoms with Crippen LogP contribution in [-0.4, -0.2) is 21.6 Å². The van der Waals surface area contributed by atoms with E-state index in [2.05, 4.69) is 27.3 Å². The summed E-state index contributed by atoms with van der Waals surface area (Å²) >= 11 is 2.13. The molecule has 0 aromatic heterocycles. The van der Waals surface area contributed by atoms with Crippen molar-refractivity contribution in [2.45, 2.75) is 11.3 Å². The number of sulfonamides is 1. The third-order valence-electron chi connectivity index (χ3n) is 3.12. The van der Waals surface area contributed by atoms with Gasteiger partial charge in [0, 0.05) is 16.1 Å². The predicted molar refractivity (Wildman–Crippen MR) is 92.0 cm³/mol. The van der Waals surface area contributed by atoms with E-state index in [0.717, 1.165) is 9.99 Å². The number of anilines is 1. The van der Waals surface area contributed by atoms with Crippen LogP contribution in [0, 0.1) is 3.57 Å². The minimum atomic E-state index is -3.62. The Labute approximate surface area is 142 Å². The molecule has 0 unspecified atom stereocenters. The van der Waals surface area contributed by atoms with E-state index < -0.39 is 10.0 Å². The van der Waals surface area contributed by atoms with Gasteiger partial charge in [0.25, 0.3) is 10.0 Å². The lowest BCUT2D eigenvalue weighted by Crippen LogP contribution is -2.13. The second kappa shape index (κ2) is 6.33. The molecule has 0 saturated heterocycles. The van der Waals surface area contributed by atoms with Gasteiger partial charge in [-0.25, -0.2) is 8.42 Å². The van der Waals surface area contributed by atoms with Gasteiger partial charge in [-0.2, -0.15) is 0 Å². The molecule has 0 radical (unpaired) electrons. The molecule has 1 N–H and O–H groups in total. The Bertz CT molecular complexity index is 775. The van der Waals surface area contributed by atoms with Crippen LogP contribution >= 0.6 is 22.6 Å². The third kappa shape index (κ3) is 3.46. The molecule has 0 atom stereocenters. The van der Waals surface area contributed by atoms with E-state index >= 15 is 0 Å². The van der Waals surface area contributed by atoms with E-state index in [9.17, 15) is 8.42 Å². The fraction of sp³-hybridized carbons (Fsp3) is 0.200. The van der Waals surface area contributed by atoms with Crippen molar-refractivity contribution >= 4 is 38.3 Å². The third-order valence-corrected chi connectivity index (χ3v) is 5.24. The van der Waals surface area contributed by atoms with Gasteiger partial charge in [0.15, 0.2) is 11.5 Å². The lowest BCUT2D eigenvalue weighted by Gasteiger charge is -2.11. The molecule has 0 saturated carbocycles. The van der Waals surface area contributed by atoms with Gasteiger partial charge in [0.2, 0.25) is 0 Å². The highest BCUT2D eigenvalue weighted by Gasteiger charge is 2.16. The fourth-order valence-corrected chi connectivity index (χ4v) is 3.46. The van der Waals surface area contributed by atoms with Crippen molar-refractivity contribution in [3.63, 3.8) is 0 Å². The van der Waals surface area contributed by atoms with E-state index in [1.807, 2.05) is 0 Å². The molecule has 0 bridgehead atoms. The average Bonchev–Trinajstić information content (AvgIpc) is 2.72. The van der Waals surface area contributed by atoms with Crippen LogP contribution in [0.4, 0.5) is 5.69 Å². The lowest BCUT2D eigenvalue weighted by molar-refractivity contribution is 0.297. The number of nitrogens with one attached hydrogen (secondary N) is 1. The standard InChI is InChI=1S/C15H14INO4S/c16-11-2-5-13(6-3-11)22(18,19)17-12-4-7-14-15(10-12)21-9-1-8-20-14/h2-7,10,17H,1,8-9H2. The number of ether oxygens (including phenoxy) is 2. The van der Waals surface area contributed by atoms with Crippen molar-refractivity contribution < 1.29 is 17.9 Å². The van der Waals surface area contributed by atoms with Crippen molar-refractivity contribution in [1.82, 2.24) is 0 Å². The molecule has 5 nitrogen and oxygen atoms in total. The molecule has 2 aromatic rings. The van der Waals surface area contributed by atoms with E-state index in [1.54, 1.807) is 42.5 Å². The Balaban J connectivity index is 1.86. The van der Waals surface area contributed by atoms with Crippen LogP contribution in [0.2, 0.25) is 0 Å². The summed E-state index contributed by atoms with van der Waals surface area (Å²) in [7, 11) is -3.62. The molecule has 2 aromatic carbocycles. The smallest absolute Gasteiger partial charge is 0.261 e. The van der Waals surface area contributed by atoms with Crippen molar-refractivity contribution in [2.75, 3.05) is 17.9 Å². The number of hydrogen-bond acceptors (Lipinski definition) is 4. The molecule has 22 heavy (non-hydrogen) atoms. The number of halogens is 1. The van der Waals surface area contributed by atoms with E-state index in [-0.39, 0.29) is 4.90 Å². The van der Waals surface area contributed by atoms with Crippen LogP contribution in [-0.2, 0) is 10.0 Å². The van der Waals surface area contributed by atoms with E-state index in [0.29, 0.717) is 30.4 Å². The van der Waals surface area contributed by atoms with Crippen LogP contribution in [0.5, 0.6) is 11.5 Å². The summed E-state index contributed by atoms with van der Waals surface area (Å²) in [5.74, 6) is 1.19. The zero-order chi connectivity index (χ0) is 15.6. The van der Waals surface area contributed by atoms with Gasteiger partial charge in [0.1, 0.15) is 0 Å². The van der Waals surface area contributed by atoms with Crippen molar-refractivity contribution in [2.24, 2.45) is 0 Å². The molecule has 0 aliphatic carbocycles. The first-order valence-electron chi connectivity index (χ1n) is 6.73. The van der Waals surface area contributed by atoms with Crippen molar-refractivity contribution in [3.05, 3.63) is 46.0 Å². The SMILES string of the molecule is O=S(=O)(Nc1ccc2c(c1)OCCCO2)c1ccc(I)cc1. The van der Waals surface area contributed by atoms with Crippen molar-refractivity contribution in [3.8, 4) is 11.5 Å². The molecule has 1 aliphatic rings. The minimum absolute atomic E-state index is 0.222. The molecule has 1 aliphatic heterocycles. The quantitative estimate of drug-likeness (QED) is 0.759. The summed E-state index contributed by atoms with van der Waals surface area (Å²) in [6.07, 6.45) is 0.804. The Kier molecular flexibility index (Phi) is 4.44. The maximum absolute atomic E-state index is 12.4. The zero-order valence-corrected chi connectivity index (χ0v) is 14.6. The number of hydrogen-bond donors (Lipinski definition) is 1. The first-order valence-corrected chi connectivity index (χ1v) is 9.29. The normalized spacial score (nSPS) is 14.2. The number of benzene rings is 2. The van der Waals surface area contributed by atoms with Gasteiger partial charge in [-0.05, 0) is 59.0 Å². The molecule has 3 rings (SSSR count). The first kappa shape index (κ1) is 15.4. The number of rotatable bonds is 3. The van der Waals surface area contributed by atoms with Gasteiger partial charge < -0.3 is 9.47 Å².